The normalized spacial score (nSPS) is 12.3. The minimum Gasteiger partial charge on any atom is -0.465 e. The summed E-state index contributed by atoms with van der Waals surface area (Å²) < 4.78 is 4.91. The number of benzene rings is 1. The number of hydrogen-bond donors (Lipinski definition) is 1. The van der Waals surface area contributed by atoms with Crippen molar-refractivity contribution in [1.82, 2.24) is 0 Å². The average Bonchev–Trinajstić information content (AvgIpc) is 2.21. The maximum Gasteiger partial charge on any atom is 0.323 e. The van der Waals surface area contributed by atoms with Crippen molar-refractivity contribution >= 4 is 18.6 Å². The molecule has 82 valence electrons. The topological polar surface area (TPSA) is 26.3 Å². The molecule has 0 saturated heterocycles. The van der Waals surface area contributed by atoms with Gasteiger partial charge < -0.3 is 4.74 Å². The summed E-state index contributed by atoms with van der Waals surface area (Å²) in [6.45, 7) is 6.24. The largest absolute Gasteiger partial charge is 0.465 e. The Kier molecular flexibility index (Phi) is 4.21. The van der Waals surface area contributed by atoms with Crippen molar-refractivity contribution in [3.63, 3.8) is 0 Å². The molecule has 0 aromatic heterocycles. The lowest BCUT2D eigenvalue weighted by atomic mass is 10.0. The van der Waals surface area contributed by atoms with Gasteiger partial charge in [-0.2, -0.15) is 12.6 Å². The van der Waals surface area contributed by atoms with E-state index >= 15 is 0 Å². The van der Waals surface area contributed by atoms with Crippen LogP contribution in [0.25, 0.3) is 0 Å². The van der Waals surface area contributed by atoms with Gasteiger partial charge in [0.15, 0.2) is 0 Å². The van der Waals surface area contributed by atoms with Gasteiger partial charge in [-0.1, -0.05) is 18.2 Å². The fourth-order valence-electron chi connectivity index (χ4n) is 1.29. The highest BCUT2D eigenvalue weighted by Gasteiger charge is 2.17. The Balaban J connectivity index is 2.86. The lowest BCUT2D eigenvalue weighted by Crippen LogP contribution is -2.11. The molecule has 0 radical (unpaired) electrons. The SMILES string of the molecule is CCOC(=O)C(S)c1ccc(C)c(C)c1. The lowest BCUT2D eigenvalue weighted by Gasteiger charge is -2.11. The van der Waals surface area contributed by atoms with E-state index in [9.17, 15) is 4.79 Å². The van der Waals surface area contributed by atoms with Crippen LogP contribution in [0.1, 0.15) is 28.9 Å². The number of rotatable bonds is 3. The maximum atomic E-state index is 11.4. The van der Waals surface area contributed by atoms with Gasteiger partial charge in [0.05, 0.1) is 6.61 Å². The van der Waals surface area contributed by atoms with Gasteiger partial charge in [-0.25, -0.2) is 0 Å². The molecule has 1 rings (SSSR count). The van der Waals surface area contributed by atoms with Crippen molar-refractivity contribution in [3.8, 4) is 0 Å². The number of carbonyl (C=O) groups is 1. The molecule has 2 nitrogen and oxygen atoms in total. The number of ether oxygens (including phenoxy) is 1. The van der Waals surface area contributed by atoms with Crippen molar-refractivity contribution in [2.45, 2.75) is 26.0 Å². The molecule has 3 heteroatoms. The highest BCUT2D eigenvalue weighted by atomic mass is 32.1. The Morgan fingerprint density at radius 2 is 2.07 bits per heavy atom. The fourth-order valence-corrected chi connectivity index (χ4v) is 1.53. The summed E-state index contributed by atoms with van der Waals surface area (Å²) in [7, 11) is 0. The van der Waals surface area contributed by atoms with E-state index in [0.717, 1.165) is 11.1 Å². The van der Waals surface area contributed by atoms with Gasteiger partial charge in [-0.3, -0.25) is 4.79 Å². The molecular weight excluding hydrogens is 208 g/mol. The number of carbonyl (C=O) groups excluding carboxylic acids is 1. The summed E-state index contributed by atoms with van der Waals surface area (Å²) >= 11 is 4.26. The van der Waals surface area contributed by atoms with Crippen LogP contribution < -0.4 is 0 Å². The van der Waals surface area contributed by atoms with Crippen molar-refractivity contribution < 1.29 is 9.53 Å². The Hall–Kier alpha value is -0.960. The number of hydrogen-bond acceptors (Lipinski definition) is 3. The molecule has 1 unspecified atom stereocenters. The monoisotopic (exact) mass is 224 g/mol. The van der Waals surface area contributed by atoms with Gasteiger partial charge in [0.25, 0.3) is 0 Å². The zero-order chi connectivity index (χ0) is 11.4. The highest BCUT2D eigenvalue weighted by molar-refractivity contribution is 7.81. The average molecular weight is 224 g/mol. The third kappa shape index (κ3) is 2.99. The Bertz CT molecular complexity index is 361. The van der Waals surface area contributed by atoms with Gasteiger partial charge in [-0.15, -0.1) is 0 Å². The van der Waals surface area contributed by atoms with E-state index in [2.05, 4.69) is 12.6 Å². The summed E-state index contributed by atoms with van der Waals surface area (Å²) in [5.41, 5.74) is 3.26. The van der Waals surface area contributed by atoms with E-state index in [1.54, 1.807) is 6.92 Å². The van der Waals surface area contributed by atoms with Crippen LogP contribution in [0.3, 0.4) is 0 Å². The summed E-state index contributed by atoms with van der Waals surface area (Å²) in [6.07, 6.45) is 0. The molecule has 15 heavy (non-hydrogen) atoms. The van der Waals surface area contributed by atoms with E-state index in [0.29, 0.717) is 6.61 Å². The quantitative estimate of drug-likeness (QED) is 0.631. The van der Waals surface area contributed by atoms with E-state index in [1.165, 1.54) is 5.56 Å². The Labute approximate surface area is 96.1 Å². The molecule has 0 aliphatic rings. The van der Waals surface area contributed by atoms with Gasteiger partial charge in [0.1, 0.15) is 5.25 Å². The molecule has 0 saturated carbocycles. The minimum absolute atomic E-state index is 0.288. The van der Waals surface area contributed by atoms with Crippen LogP contribution >= 0.6 is 12.6 Å². The standard InChI is InChI=1S/C12H16O2S/c1-4-14-12(13)11(15)10-6-5-8(2)9(3)7-10/h5-7,11,15H,4H2,1-3H3. The molecule has 0 heterocycles. The predicted octanol–water partition coefficient (Wildman–Crippen LogP) is 2.84. The molecule has 1 atom stereocenters. The zero-order valence-electron chi connectivity index (χ0n) is 9.28. The Morgan fingerprint density at radius 1 is 1.40 bits per heavy atom. The second-order valence-corrected chi connectivity index (χ2v) is 4.01. The van der Waals surface area contributed by atoms with Crippen molar-refractivity contribution in [1.29, 1.82) is 0 Å². The number of esters is 1. The third-order valence-corrected chi connectivity index (χ3v) is 2.87. The smallest absolute Gasteiger partial charge is 0.323 e. The van der Waals surface area contributed by atoms with Gasteiger partial charge in [0, 0.05) is 0 Å². The van der Waals surface area contributed by atoms with Gasteiger partial charge >= 0.3 is 5.97 Å². The zero-order valence-corrected chi connectivity index (χ0v) is 10.2. The molecule has 1 aromatic rings. The van der Waals surface area contributed by atoms with Crippen LogP contribution in [0.2, 0.25) is 0 Å². The van der Waals surface area contributed by atoms with Gasteiger partial charge in [0.2, 0.25) is 0 Å². The first-order valence-corrected chi connectivity index (χ1v) is 5.49. The molecule has 0 aliphatic heterocycles. The highest BCUT2D eigenvalue weighted by Crippen LogP contribution is 2.23. The number of thiol groups is 1. The molecule has 0 N–H and O–H groups in total. The van der Waals surface area contributed by atoms with E-state index in [-0.39, 0.29) is 5.97 Å². The first kappa shape index (κ1) is 12.1. The van der Waals surface area contributed by atoms with Crippen LogP contribution in [0.5, 0.6) is 0 Å². The Morgan fingerprint density at radius 3 is 2.60 bits per heavy atom. The van der Waals surface area contributed by atoms with Crippen molar-refractivity contribution in [2.75, 3.05) is 6.61 Å². The van der Waals surface area contributed by atoms with Crippen LogP contribution in [0.4, 0.5) is 0 Å². The van der Waals surface area contributed by atoms with Crippen LogP contribution in [0.15, 0.2) is 18.2 Å². The van der Waals surface area contributed by atoms with E-state index in [4.69, 9.17) is 4.74 Å². The van der Waals surface area contributed by atoms with E-state index < -0.39 is 5.25 Å². The van der Waals surface area contributed by atoms with Crippen LogP contribution in [-0.2, 0) is 9.53 Å². The summed E-state index contributed by atoms with van der Waals surface area (Å²) in [6, 6.07) is 5.88. The second-order valence-electron chi connectivity index (χ2n) is 3.50. The molecule has 0 aliphatic carbocycles. The predicted molar refractivity (Wildman–Crippen MR) is 64.3 cm³/mol. The lowest BCUT2D eigenvalue weighted by molar-refractivity contribution is -0.142. The first-order chi connectivity index (χ1) is 7.06. The molecular formula is C12H16O2S. The number of aryl methyl sites for hydroxylation is 2. The van der Waals surface area contributed by atoms with Crippen LogP contribution in [-0.4, -0.2) is 12.6 Å². The summed E-state index contributed by atoms with van der Waals surface area (Å²) in [5, 5.41) is -0.482. The first-order valence-electron chi connectivity index (χ1n) is 4.98. The molecule has 0 spiro atoms. The van der Waals surface area contributed by atoms with E-state index in [1.807, 2.05) is 32.0 Å². The molecule has 1 aromatic carbocycles. The molecule has 0 bridgehead atoms. The molecule has 0 fully saturated rings. The fraction of sp³-hybridized carbons (Fsp3) is 0.417. The second kappa shape index (κ2) is 5.21. The summed E-state index contributed by atoms with van der Waals surface area (Å²) in [4.78, 5) is 11.4. The molecule has 0 amide bonds. The summed E-state index contributed by atoms with van der Waals surface area (Å²) in [5.74, 6) is -0.288. The maximum absolute atomic E-state index is 11.4. The third-order valence-electron chi connectivity index (χ3n) is 2.36. The minimum atomic E-state index is -0.482. The van der Waals surface area contributed by atoms with Gasteiger partial charge in [-0.05, 0) is 37.5 Å². The van der Waals surface area contributed by atoms with Crippen molar-refractivity contribution in [3.05, 3.63) is 34.9 Å². The van der Waals surface area contributed by atoms with Crippen LogP contribution in [0, 0.1) is 13.8 Å². The van der Waals surface area contributed by atoms with Crippen molar-refractivity contribution in [2.24, 2.45) is 0 Å².